The quantitative estimate of drug-likeness (QED) is 0.670. The molecule has 2 aromatic rings. The van der Waals surface area contributed by atoms with Crippen LogP contribution in [-0.4, -0.2) is 4.98 Å². The summed E-state index contributed by atoms with van der Waals surface area (Å²) in [6.45, 7) is 0. The lowest BCUT2D eigenvalue weighted by Gasteiger charge is -2.09. The number of hydrogen-bond donors (Lipinski definition) is 0. The van der Waals surface area contributed by atoms with Crippen LogP contribution < -0.4 is 0 Å². The van der Waals surface area contributed by atoms with Crippen LogP contribution in [0.15, 0.2) is 30.5 Å². The van der Waals surface area contributed by atoms with Gasteiger partial charge in [-0.25, -0.2) is 0 Å². The molecule has 1 heterocycles. The molecule has 0 saturated carbocycles. The molecule has 0 saturated heterocycles. The molecule has 1 aromatic carbocycles. The third-order valence-corrected chi connectivity index (χ3v) is 2.35. The zero-order chi connectivity index (χ0) is 11.1. The molecule has 15 heavy (non-hydrogen) atoms. The molecule has 0 unspecified atom stereocenters. The largest absolute Gasteiger partial charge is 0.418 e. The van der Waals surface area contributed by atoms with E-state index >= 15 is 0 Å². The summed E-state index contributed by atoms with van der Waals surface area (Å²) in [5.41, 5.74) is -0.875. The highest BCUT2D eigenvalue weighted by atomic mass is 35.5. The van der Waals surface area contributed by atoms with E-state index in [4.69, 9.17) is 11.6 Å². The van der Waals surface area contributed by atoms with Crippen LogP contribution in [0.5, 0.6) is 0 Å². The predicted octanol–water partition coefficient (Wildman–Crippen LogP) is 3.91. The number of fused-ring (bicyclic) bond motifs is 1. The second-order valence-electron chi connectivity index (χ2n) is 2.99. The van der Waals surface area contributed by atoms with Gasteiger partial charge in [-0.2, -0.15) is 13.2 Å². The summed E-state index contributed by atoms with van der Waals surface area (Å²) in [5, 5.41) is 0.583. The van der Waals surface area contributed by atoms with E-state index in [1.165, 1.54) is 18.3 Å². The monoisotopic (exact) mass is 231 g/mol. The van der Waals surface area contributed by atoms with Gasteiger partial charge < -0.3 is 0 Å². The SMILES string of the molecule is FC(F)(F)c1ccc(Cl)c2cccnc12. The molecular formula is C10H5ClF3N. The van der Waals surface area contributed by atoms with Gasteiger partial charge in [0.25, 0.3) is 0 Å². The molecule has 1 nitrogen and oxygen atoms in total. The van der Waals surface area contributed by atoms with Gasteiger partial charge in [0.2, 0.25) is 0 Å². The van der Waals surface area contributed by atoms with Crippen LogP contribution in [-0.2, 0) is 6.18 Å². The normalized spacial score (nSPS) is 12.0. The van der Waals surface area contributed by atoms with Crippen molar-refractivity contribution in [1.82, 2.24) is 4.98 Å². The summed E-state index contributed by atoms with van der Waals surface area (Å²) in [7, 11) is 0. The van der Waals surface area contributed by atoms with Crippen molar-refractivity contribution in [1.29, 1.82) is 0 Å². The first-order chi connectivity index (χ1) is 7.00. The van der Waals surface area contributed by atoms with Crippen molar-refractivity contribution in [3.63, 3.8) is 0 Å². The fourth-order valence-electron chi connectivity index (χ4n) is 1.37. The highest BCUT2D eigenvalue weighted by Gasteiger charge is 2.33. The maximum atomic E-state index is 12.6. The van der Waals surface area contributed by atoms with Gasteiger partial charge in [0, 0.05) is 16.6 Å². The number of hydrogen-bond acceptors (Lipinski definition) is 1. The second kappa shape index (κ2) is 3.38. The van der Waals surface area contributed by atoms with E-state index in [1.807, 2.05) is 0 Å². The fourth-order valence-corrected chi connectivity index (χ4v) is 1.58. The Morgan fingerprint density at radius 1 is 1.13 bits per heavy atom. The highest BCUT2D eigenvalue weighted by Crippen LogP contribution is 2.35. The summed E-state index contributed by atoms with van der Waals surface area (Å²) in [5.74, 6) is 0. The van der Waals surface area contributed by atoms with Crippen LogP contribution in [0.2, 0.25) is 5.02 Å². The zero-order valence-electron chi connectivity index (χ0n) is 7.35. The van der Waals surface area contributed by atoms with Crippen molar-refractivity contribution in [3.05, 3.63) is 41.0 Å². The van der Waals surface area contributed by atoms with Gasteiger partial charge in [0.15, 0.2) is 0 Å². The minimum Gasteiger partial charge on any atom is -0.256 e. The van der Waals surface area contributed by atoms with Gasteiger partial charge in [-0.15, -0.1) is 0 Å². The Kier molecular flexibility index (Phi) is 2.31. The number of halogens is 4. The lowest BCUT2D eigenvalue weighted by molar-refractivity contribution is -0.136. The van der Waals surface area contributed by atoms with Crippen LogP contribution in [0, 0.1) is 0 Å². The van der Waals surface area contributed by atoms with Gasteiger partial charge in [-0.3, -0.25) is 4.98 Å². The van der Waals surface area contributed by atoms with Crippen molar-refractivity contribution in [2.45, 2.75) is 6.18 Å². The van der Waals surface area contributed by atoms with Gasteiger partial charge in [-0.1, -0.05) is 11.6 Å². The first kappa shape index (κ1) is 10.2. The molecular weight excluding hydrogens is 227 g/mol. The summed E-state index contributed by atoms with van der Waals surface area (Å²) >= 11 is 5.77. The molecule has 2 rings (SSSR count). The van der Waals surface area contributed by atoms with E-state index in [2.05, 4.69) is 4.98 Å². The van der Waals surface area contributed by atoms with Crippen molar-refractivity contribution in [2.75, 3.05) is 0 Å². The third-order valence-electron chi connectivity index (χ3n) is 2.02. The molecule has 0 bridgehead atoms. The molecule has 0 amide bonds. The zero-order valence-corrected chi connectivity index (χ0v) is 8.10. The lowest BCUT2D eigenvalue weighted by atomic mass is 10.1. The number of aromatic nitrogens is 1. The van der Waals surface area contributed by atoms with E-state index in [0.717, 1.165) is 6.07 Å². The summed E-state index contributed by atoms with van der Waals surface area (Å²) in [4.78, 5) is 3.70. The number of rotatable bonds is 0. The minimum absolute atomic E-state index is 0.113. The van der Waals surface area contributed by atoms with Crippen LogP contribution in [0.4, 0.5) is 13.2 Å². The molecule has 0 fully saturated rings. The van der Waals surface area contributed by atoms with Gasteiger partial charge >= 0.3 is 6.18 Å². The average molecular weight is 232 g/mol. The van der Waals surface area contributed by atoms with Crippen LogP contribution in [0.25, 0.3) is 10.9 Å². The first-order valence-corrected chi connectivity index (χ1v) is 4.48. The van der Waals surface area contributed by atoms with Crippen molar-refractivity contribution in [3.8, 4) is 0 Å². The molecule has 0 radical (unpaired) electrons. The lowest BCUT2D eigenvalue weighted by Crippen LogP contribution is -2.06. The maximum Gasteiger partial charge on any atom is 0.418 e. The first-order valence-electron chi connectivity index (χ1n) is 4.10. The molecule has 0 atom stereocenters. The number of benzene rings is 1. The van der Waals surface area contributed by atoms with Crippen molar-refractivity contribution < 1.29 is 13.2 Å². The van der Waals surface area contributed by atoms with Crippen molar-refractivity contribution in [2.24, 2.45) is 0 Å². The van der Waals surface area contributed by atoms with Gasteiger partial charge in [0.1, 0.15) is 0 Å². The predicted molar refractivity (Wildman–Crippen MR) is 51.8 cm³/mol. The summed E-state index contributed by atoms with van der Waals surface area (Å²) < 4.78 is 37.7. The molecule has 1 aromatic heterocycles. The second-order valence-corrected chi connectivity index (χ2v) is 3.40. The molecule has 0 aliphatic rings. The Hall–Kier alpha value is -1.29. The molecule has 0 N–H and O–H groups in total. The van der Waals surface area contributed by atoms with Crippen molar-refractivity contribution >= 4 is 22.5 Å². The smallest absolute Gasteiger partial charge is 0.256 e. The molecule has 5 heteroatoms. The molecule has 0 spiro atoms. The number of alkyl halides is 3. The molecule has 78 valence electrons. The van der Waals surface area contributed by atoms with E-state index < -0.39 is 11.7 Å². The number of nitrogens with zero attached hydrogens (tertiary/aromatic N) is 1. The minimum atomic E-state index is -4.41. The van der Waals surface area contributed by atoms with Crippen LogP contribution in [0.1, 0.15) is 5.56 Å². The topological polar surface area (TPSA) is 12.9 Å². The summed E-state index contributed by atoms with van der Waals surface area (Å²) in [6, 6.07) is 5.24. The molecule has 0 aliphatic carbocycles. The molecule has 0 aliphatic heterocycles. The Bertz CT molecular complexity index is 507. The van der Waals surface area contributed by atoms with E-state index in [9.17, 15) is 13.2 Å². The Labute approximate surface area is 88.5 Å². The Morgan fingerprint density at radius 2 is 1.87 bits per heavy atom. The van der Waals surface area contributed by atoms with Crippen LogP contribution in [0.3, 0.4) is 0 Å². The Morgan fingerprint density at radius 3 is 2.53 bits per heavy atom. The standard InChI is InChI=1S/C10H5ClF3N/c11-8-4-3-7(10(12,13)14)9-6(8)2-1-5-15-9/h1-5H. The summed E-state index contributed by atoms with van der Waals surface area (Å²) in [6.07, 6.45) is -3.09. The van der Waals surface area contributed by atoms with Gasteiger partial charge in [0.05, 0.1) is 11.1 Å². The van der Waals surface area contributed by atoms with E-state index in [1.54, 1.807) is 6.07 Å². The fraction of sp³-hybridized carbons (Fsp3) is 0.100. The maximum absolute atomic E-state index is 12.6. The van der Waals surface area contributed by atoms with E-state index in [0.29, 0.717) is 5.39 Å². The number of pyridine rings is 1. The van der Waals surface area contributed by atoms with E-state index in [-0.39, 0.29) is 10.5 Å². The average Bonchev–Trinajstić information content (AvgIpc) is 2.17. The third kappa shape index (κ3) is 1.77. The van der Waals surface area contributed by atoms with Gasteiger partial charge in [-0.05, 0) is 24.3 Å². The van der Waals surface area contributed by atoms with Crippen LogP contribution >= 0.6 is 11.6 Å². The highest BCUT2D eigenvalue weighted by molar-refractivity contribution is 6.35. The Balaban J connectivity index is 2.84.